The largest absolute Gasteiger partial charge is 0.322 e. The van der Waals surface area contributed by atoms with Crippen LogP contribution >= 0.6 is 0 Å². The first-order chi connectivity index (χ1) is 11.7. The summed E-state index contributed by atoms with van der Waals surface area (Å²) < 4.78 is 2.03. The SMILES string of the molecule is CC[C@H](C)n1ncc(C(=O)Nc2ccc3cn[nH]c3c2)c1C1CC1. The average molecular weight is 323 g/mol. The molecule has 0 spiro atoms. The number of hydrogen-bond donors (Lipinski definition) is 2. The lowest BCUT2D eigenvalue weighted by atomic mass is 10.1. The maximum Gasteiger partial charge on any atom is 0.259 e. The van der Waals surface area contributed by atoms with E-state index in [1.807, 2.05) is 22.9 Å². The van der Waals surface area contributed by atoms with Gasteiger partial charge in [0, 0.05) is 23.0 Å². The lowest BCUT2D eigenvalue weighted by Crippen LogP contribution is -2.16. The summed E-state index contributed by atoms with van der Waals surface area (Å²) in [6, 6.07) is 6.05. The van der Waals surface area contributed by atoms with E-state index < -0.39 is 0 Å². The molecule has 0 radical (unpaired) electrons. The molecule has 24 heavy (non-hydrogen) atoms. The first-order valence-electron chi connectivity index (χ1n) is 8.49. The third kappa shape index (κ3) is 2.58. The number of benzene rings is 1. The Morgan fingerprint density at radius 1 is 1.42 bits per heavy atom. The molecule has 1 aliphatic carbocycles. The fourth-order valence-corrected chi connectivity index (χ4v) is 3.05. The minimum Gasteiger partial charge on any atom is -0.322 e. The summed E-state index contributed by atoms with van der Waals surface area (Å²) >= 11 is 0. The second-order valence-electron chi connectivity index (χ2n) is 6.55. The molecule has 4 rings (SSSR count). The molecule has 6 nitrogen and oxygen atoms in total. The Morgan fingerprint density at radius 2 is 2.25 bits per heavy atom. The fourth-order valence-electron chi connectivity index (χ4n) is 3.05. The van der Waals surface area contributed by atoms with Gasteiger partial charge in [-0.05, 0) is 44.4 Å². The van der Waals surface area contributed by atoms with Crippen molar-refractivity contribution in [3.8, 4) is 0 Å². The zero-order valence-electron chi connectivity index (χ0n) is 13.9. The molecule has 1 saturated carbocycles. The molecule has 0 saturated heterocycles. The number of carbonyl (C=O) groups excluding carboxylic acids is 1. The van der Waals surface area contributed by atoms with Crippen molar-refractivity contribution in [2.45, 2.75) is 45.1 Å². The van der Waals surface area contributed by atoms with E-state index in [2.05, 4.69) is 34.5 Å². The van der Waals surface area contributed by atoms with Crippen molar-refractivity contribution < 1.29 is 4.79 Å². The highest BCUT2D eigenvalue weighted by Crippen LogP contribution is 2.42. The highest BCUT2D eigenvalue weighted by atomic mass is 16.1. The standard InChI is InChI=1S/C18H21N5O/c1-3-11(2)23-17(12-4-5-12)15(10-20-23)18(24)21-14-7-6-13-9-19-22-16(13)8-14/h6-12H,3-5H2,1-2H3,(H,19,22)(H,21,24)/t11-/m0/s1. The molecule has 1 fully saturated rings. The van der Waals surface area contributed by atoms with E-state index in [1.54, 1.807) is 12.4 Å². The third-order valence-corrected chi connectivity index (χ3v) is 4.75. The molecule has 0 aliphatic heterocycles. The number of aromatic amines is 1. The highest BCUT2D eigenvalue weighted by molar-refractivity contribution is 6.05. The molecule has 3 aromatic rings. The second kappa shape index (κ2) is 5.78. The van der Waals surface area contributed by atoms with Gasteiger partial charge in [0.1, 0.15) is 0 Å². The molecule has 2 N–H and O–H groups in total. The molecule has 1 aliphatic rings. The number of anilines is 1. The van der Waals surface area contributed by atoms with E-state index in [0.717, 1.165) is 41.5 Å². The van der Waals surface area contributed by atoms with Crippen LogP contribution < -0.4 is 5.32 Å². The zero-order chi connectivity index (χ0) is 16.7. The van der Waals surface area contributed by atoms with Crippen LogP contribution in [0.15, 0.2) is 30.6 Å². The number of amides is 1. The van der Waals surface area contributed by atoms with Gasteiger partial charge in [-0.3, -0.25) is 14.6 Å². The Kier molecular flexibility index (Phi) is 3.59. The van der Waals surface area contributed by atoms with Gasteiger partial charge < -0.3 is 5.32 Å². The molecule has 6 heteroatoms. The van der Waals surface area contributed by atoms with Crippen LogP contribution in [0.2, 0.25) is 0 Å². The summed E-state index contributed by atoms with van der Waals surface area (Å²) in [5.74, 6) is 0.377. The quantitative estimate of drug-likeness (QED) is 0.748. The average Bonchev–Trinajstić information content (AvgIpc) is 3.15. The number of fused-ring (bicyclic) bond motifs is 1. The maximum atomic E-state index is 12.8. The van der Waals surface area contributed by atoms with Crippen LogP contribution in [0.1, 0.15) is 61.1 Å². The smallest absolute Gasteiger partial charge is 0.259 e. The van der Waals surface area contributed by atoms with Crippen LogP contribution in [0.5, 0.6) is 0 Å². The summed E-state index contributed by atoms with van der Waals surface area (Å²) in [5, 5.41) is 15.4. The van der Waals surface area contributed by atoms with Crippen LogP contribution in [-0.4, -0.2) is 25.9 Å². The van der Waals surface area contributed by atoms with Crippen molar-refractivity contribution >= 4 is 22.5 Å². The zero-order valence-corrected chi connectivity index (χ0v) is 13.9. The van der Waals surface area contributed by atoms with Gasteiger partial charge >= 0.3 is 0 Å². The molecule has 1 atom stereocenters. The van der Waals surface area contributed by atoms with Crippen molar-refractivity contribution in [2.24, 2.45) is 0 Å². The summed E-state index contributed by atoms with van der Waals surface area (Å²) in [6.45, 7) is 4.29. The van der Waals surface area contributed by atoms with Gasteiger partial charge in [-0.15, -0.1) is 0 Å². The van der Waals surface area contributed by atoms with Crippen molar-refractivity contribution in [3.05, 3.63) is 41.9 Å². The Labute approximate surface area is 140 Å². The Hall–Kier alpha value is -2.63. The second-order valence-corrected chi connectivity index (χ2v) is 6.55. The topological polar surface area (TPSA) is 75.6 Å². The van der Waals surface area contributed by atoms with Gasteiger partial charge in [-0.2, -0.15) is 10.2 Å². The van der Waals surface area contributed by atoms with E-state index in [-0.39, 0.29) is 5.91 Å². The monoisotopic (exact) mass is 323 g/mol. The summed E-state index contributed by atoms with van der Waals surface area (Å²) in [7, 11) is 0. The van der Waals surface area contributed by atoms with Crippen molar-refractivity contribution in [1.29, 1.82) is 0 Å². The molecule has 1 amide bonds. The van der Waals surface area contributed by atoms with Gasteiger partial charge in [-0.1, -0.05) is 6.92 Å². The Morgan fingerprint density at radius 3 is 3.00 bits per heavy atom. The molecule has 0 bridgehead atoms. The predicted octanol–water partition coefficient (Wildman–Crippen LogP) is 3.86. The first-order valence-corrected chi connectivity index (χ1v) is 8.49. The molecule has 124 valence electrons. The van der Waals surface area contributed by atoms with E-state index in [4.69, 9.17) is 0 Å². The van der Waals surface area contributed by atoms with Gasteiger partial charge in [0.05, 0.1) is 29.2 Å². The first kappa shape index (κ1) is 14.9. The van der Waals surface area contributed by atoms with Crippen LogP contribution in [-0.2, 0) is 0 Å². The number of H-pyrrole nitrogens is 1. The van der Waals surface area contributed by atoms with Crippen LogP contribution in [0.4, 0.5) is 5.69 Å². The number of aromatic nitrogens is 4. The van der Waals surface area contributed by atoms with Crippen molar-refractivity contribution in [2.75, 3.05) is 5.32 Å². The predicted molar refractivity (Wildman–Crippen MR) is 93.3 cm³/mol. The fraction of sp³-hybridized carbons (Fsp3) is 0.389. The minimum atomic E-state index is -0.0923. The number of carbonyl (C=O) groups is 1. The third-order valence-electron chi connectivity index (χ3n) is 4.75. The normalized spacial score (nSPS) is 15.6. The number of nitrogens with one attached hydrogen (secondary N) is 2. The number of nitrogens with zero attached hydrogens (tertiary/aromatic N) is 3. The Bertz CT molecular complexity index is 890. The minimum absolute atomic E-state index is 0.0923. The molecule has 2 aromatic heterocycles. The molecular weight excluding hydrogens is 302 g/mol. The highest BCUT2D eigenvalue weighted by Gasteiger charge is 2.33. The summed E-state index contributed by atoms with van der Waals surface area (Å²) in [6.07, 6.45) is 6.76. The van der Waals surface area contributed by atoms with E-state index >= 15 is 0 Å². The number of rotatable bonds is 5. The van der Waals surface area contributed by atoms with Crippen LogP contribution in [0, 0.1) is 0 Å². The van der Waals surface area contributed by atoms with Crippen molar-refractivity contribution in [1.82, 2.24) is 20.0 Å². The maximum absolute atomic E-state index is 12.8. The Balaban J connectivity index is 1.63. The molecule has 0 unspecified atom stereocenters. The molecular formula is C18H21N5O. The van der Waals surface area contributed by atoms with E-state index in [0.29, 0.717) is 17.5 Å². The van der Waals surface area contributed by atoms with Gasteiger partial charge in [0.2, 0.25) is 0 Å². The van der Waals surface area contributed by atoms with Gasteiger partial charge in [0.25, 0.3) is 5.91 Å². The summed E-state index contributed by atoms with van der Waals surface area (Å²) in [5.41, 5.74) is 3.45. The van der Waals surface area contributed by atoms with Crippen LogP contribution in [0.3, 0.4) is 0 Å². The number of hydrogen-bond acceptors (Lipinski definition) is 3. The van der Waals surface area contributed by atoms with E-state index in [1.165, 1.54) is 0 Å². The van der Waals surface area contributed by atoms with Crippen LogP contribution in [0.25, 0.3) is 10.9 Å². The summed E-state index contributed by atoms with van der Waals surface area (Å²) in [4.78, 5) is 12.8. The lowest BCUT2D eigenvalue weighted by Gasteiger charge is -2.14. The lowest BCUT2D eigenvalue weighted by molar-refractivity contribution is 0.102. The van der Waals surface area contributed by atoms with Gasteiger partial charge in [0.15, 0.2) is 0 Å². The molecule has 1 aromatic carbocycles. The van der Waals surface area contributed by atoms with E-state index in [9.17, 15) is 4.79 Å². The van der Waals surface area contributed by atoms with Crippen molar-refractivity contribution in [3.63, 3.8) is 0 Å². The van der Waals surface area contributed by atoms with Gasteiger partial charge in [-0.25, -0.2) is 0 Å². The molecule has 2 heterocycles.